The van der Waals surface area contributed by atoms with Crippen molar-refractivity contribution in [1.82, 2.24) is 4.98 Å². The van der Waals surface area contributed by atoms with E-state index < -0.39 is 0 Å². The van der Waals surface area contributed by atoms with Crippen molar-refractivity contribution in [3.63, 3.8) is 0 Å². The first-order valence-electron chi connectivity index (χ1n) is 4.73. The van der Waals surface area contributed by atoms with Crippen molar-refractivity contribution in [3.05, 3.63) is 48.5 Å². The van der Waals surface area contributed by atoms with Gasteiger partial charge in [0.15, 0.2) is 0 Å². The first kappa shape index (κ1) is 10.6. The summed E-state index contributed by atoms with van der Waals surface area (Å²) in [7, 11) is 0. The number of amides is 1. The predicted molar refractivity (Wildman–Crippen MR) is 66.4 cm³/mol. The Morgan fingerprint density at radius 1 is 1.50 bits per heavy atom. The fourth-order valence-corrected chi connectivity index (χ4v) is 1.92. The molecule has 4 heteroatoms. The highest BCUT2D eigenvalue weighted by molar-refractivity contribution is 7.13. The maximum atomic E-state index is 11.1. The maximum Gasteiger partial charge on any atom is 0.247 e. The molecule has 0 bridgehead atoms. The van der Waals surface area contributed by atoms with Crippen molar-refractivity contribution in [2.45, 2.75) is 0 Å². The zero-order valence-electron chi connectivity index (χ0n) is 8.51. The fraction of sp³-hybridized carbons (Fsp3) is 0. The van der Waals surface area contributed by atoms with Crippen LogP contribution < -0.4 is 5.32 Å². The van der Waals surface area contributed by atoms with Crippen molar-refractivity contribution in [3.8, 4) is 10.6 Å². The van der Waals surface area contributed by atoms with Gasteiger partial charge in [0, 0.05) is 22.8 Å². The first-order chi connectivity index (χ1) is 7.79. The monoisotopic (exact) mass is 230 g/mol. The topological polar surface area (TPSA) is 42.0 Å². The van der Waals surface area contributed by atoms with Crippen LogP contribution in [-0.4, -0.2) is 10.9 Å². The van der Waals surface area contributed by atoms with Gasteiger partial charge in [0.1, 0.15) is 5.01 Å². The molecule has 0 saturated carbocycles. The number of thiazole rings is 1. The molecule has 0 atom stereocenters. The summed E-state index contributed by atoms with van der Waals surface area (Å²) in [6.45, 7) is 3.41. The minimum absolute atomic E-state index is 0.212. The van der Waals surface area contributed by atoms with Gasteiger partial charge in [-0.3, -0.25) is 4.79 Å². The minimum Gasteiger partial charge on any atom is -0.323 e. The van der Waals surface area contributed by atoms with Crippen molar-refractivity contribution in [1.29, 1.82) is 0 Å². The van der Waals surface area contributed by atoms with Gasteiger partial charge in [-0.05, 0) is 18.2 Å². The number of rotatable bonds is 3. The fourth-order valence-electron chi connectivity index (χ4n) is 1.29. The molecule has 1 N–H and O–H groups in total. The van der Waals surface area contributed by atoms with E-state index in [1.807, 2.05) is 29.6 Å². The molecule has 0 aliphatic carbocycles. The summed E-state index contributed by atoms with van der Waals surface area (Å²) in [5, 5.41) is 5.57. The smallest absolute Gasteiger partial charge is 0.247 e. The number of aromatic nitrogens is 1. The van der Waals surface area contributed by atoms with Gasteiger partial charge in [0.25, 0.3) is 0 Å². The summed E-state index contributed by atoms with van der Waals surface area (Å²) in [5.41, 5.74) is 1.74. The van der Waals surface area contributed by atoms with E-state index in [9.17, 15) is 4.79 Å². The van der Waals surface area contributed by atoms with Crippen molar-refractivity contribution >= 4 is 22.9 Å². The van der Waals surface area contributed by atoms with Crippen LogP contribution in [0, 0.1) is 0 Å². The number of benzene rings is 1. The number of hydrogen-bond acceptors (Lipinski definition) is 3. The van der Waals surface area contributed by atoms with E-state index in [0.717, 1.165) is 16.3 Å². The molecule has 0 radical (unpaired) electrons. The van der Waals surface area contributed by atoms with Crippen LogP contribution >= 0.6 is 11.3 Å². The average Bonchev–Trinajstić information content (AvgIpc) is 2.83. The largest absolute Gasteiger partial charge is 0.323 e. The van der Waals surface area contributed by atoms with Crippen molar-refractivity contribution in [2.24, 2.45) is 0 Å². The summed E-state index contributed by atoms with van der Waals surface area (Å²) < 4.78 is 0. The Labute approximate surface area is 97.5 Å². The lowest BCUT2D eigenvalue weighted by molar-refractivity contribution is -0.111. The normalized spacial score (nSPS) is 9.75. The number of carbonyl (C=O) groups is 1. The first-order valence-corrected chi connectivity index (χ1v) is 5.61. The molecule has 1 aromatic heterocycles. The second-order valence-corrected chi connectivity index (χ2v) is 4.01. The van der Waals surface area contributed by atoms with Gasteiger partial charge in [0.05, 0.1) is 0 Å². The van der Waals surface area contributed by atoms with E-state index in [4.69, 9.17) is 0 Å². The van der Waals surface area contributed by atoms with Crippen LogP contribution in [0.15, 0.2) is 48.5 Å². The van der Waals surface area contributed by atoms with Crippen molar-refractivity contribution < 1.29 is 4.79 Å². The number of carbonyl (C=O) groups excluding carboxylic acids is 1. The number of nitrogens with one attached hydrogen (secondary N) is 1. The molecule has 0 fully saturated rings. The summed E-state index contributed by atoms with van der Waals surface area (Å²) in [4.78, 5) is 15.3. The molecule has 80 valence electrons. The van der Waals surface area contributed by atoms with Crippen LogP contribution in [0.3, 0.4) is 0 Å². The van der Waals surface area contributed by atoms with Crippen LogP contribution in [0.5, 0.6) is 0 Å². The molecule has 1 heterocycles. The van der Waals surface area contributed by atoms with E-state index >= 15 is 0 Å². The standard InChI is InChI=1S/C12H10N2OS/c1-2-11(15)14-10-5-3-4-9(8-10)12-13-6-7-16-12/h2-8H,1H2,(H,14,15). The van der Waals surface area contributed by atoms with Gasteiger partial charge in [-0.25, -0.2) is 4.98 Å². The van der Waals surface area contributed by atoms with E-state index in [-0.39, 0.29) is 5.91 Å². The highest BCUT2D eigenvalue weighted by Gasteiger charge is 2.02. The van der Waals surface area contributed by atoms with Gasteiger partial charge in [-0.2, -0.15) is 0 Å². The zero-order valence-corrected chi connectivity index (χ0v) is 9.33. The summed E-state index contributed by atoms with van der Waals surface area (Å²) in [6.07, 6.45) is 3.01. The number of hydrogen-bond donors (Lipinski definition) is 1. The minimum atomic E-state index is -0.212. The summed E-state index contributed by atoms with van der Waals surface area (Å²) >= 11 is 1.57. The Balaban J connectivity index is 2.26. The van der Waals surface area contributed by atoms with Gasteiger partial charge in [-0.15, -0.1) is 11.3 Å². The molecule has 0 aliphatic rings. The molecule has 16 heavy (non-hydrogen) atoms. The third-order valence-electron chi connectivity index (χ3n) is 1.99. The lowest BCUT2D eigenvalue weighted by Gasteiger charge is -2.03. The van der Waals surface area contributed by atoms with Crippen LogP contribution in [0.1, 0.15) is 0 Å². The molecule has 2 aromatic rings. The zero-order chi connectivity index (χ0) is 11.4. The lowest BCUT2D eigenvalue weighted by Crippen LogP contribution is -2.06. The lowest BCUT2D eigenvalue weighted by atomic mass is 10.2. The Bertz CT molecular complexity index is 505. The molecule has 1 aromatic carbocycles. The molecular formula is C12H10N2OS. The molecule has 0 spiro atoms. The Kier molecular flexibility index (Phi) is 3.12. The van der Waals surface area contributed by atoms with E-state index in [0.29, 0.717) is 0 Å². The molecule has 0 aliphatic heterocycles. The van der Waals surface area contributed by atoms with Gasteiger partial charge in [0.2, 0.25) is 5.91 Å². The molecule has 0 saturated heterocycles. The predicted octanol–water partition coefficient (Wildman–Crippen LogP) is 2.93. The quantitative estimate of drug-likeness (QED) is 0.824. The van der Waals surface area contributed by atoms with E-state index in [1.165, 1.54) is 6.08 Å². The third kappa shape index (κ3) is 2.35. The van der Waals surface area contributed by atoms with Crippen LogP contribution in [0.25, 0.3) is 10.6 Å². The van der Waals surface area contributed by atoms with Gasteiger partial charge in [-0.1, -0.05) is 18.7 Å². The van der Waals surface area contributed by atoms with Crippen molar-refractivity contribution in [2.75, 3.05) is 5.32 Å². The molecule has 3 nitrogen and oxygen atoms in total. The number of anilines is 1. The SMILES string of the molecule is C=CC(=O)Nc1cccc(-c2nccs2)c1. The second-order valence-electron chi connectivity index (χ2n) is 3.11. The van der Waals surface area contributed by atoms with Crippen LogP contribution in [0.2, 0.25) is 0 Å². The molecule has 1 amide bonds. The van der Waals surface area contributed by atoms with Gasteiger partial charge < -0.3 is 5.32 Å². The maximum absolute atomic E-state index is 11.1. The van der Waals surface area contributed by atoms with Crippen LogP contribution in [-0.2, 0) is 4.79 Å². The average molecular weight is 230 g/mol. The van der Waals surface area contributed by atoms with Gasteiger partial charge >= 0.3 is 0 Å². The molecule has 0 unspecified atom stereocenters. The van der Waals surface area contributed by atoms with E-state index in [2.05, 4.69) is 16.9 Å². The Hall–Kier alpha value is -1.94. The third-order valence-corrected chi connectivity index (χ3v) is 2.82. The summed E-state index contributed by atoms with van der Waals surface area (Å²) in [6, 6.07) is 7.57. The molecular weight excluding hydrogens is 220 g/mol. The van der Waals surface area contributed by atoms with Crippen LogP contribution in [0.4, 0.5) is 5.69 Å². The highest BCUT2D eigenvalue weighted by Crippen LogP contribution is 2.24. The Morgan fingerprint density at radius 3 is 3.06 bits per heavy atom. The highest BCUT2D eigenvalue weighted by atomic mass is 32.1. The number of nitrogens with zero attached hydrogens (tertiary/aromatic N) is 1. The summed E-state index contributed by atoms with van der Waals surface area (Å²) in [5.74, 6) is -0.212. The molecule has 2 rings (SSSR count). The second kappa shape index (κ2) is 4.72. The Morgan fingerprint density at radius 2 is 2.38 bits per heavy atom. The van der Waals surface area contributed by atoms with E-state index in [1.54, 1.807) is 17.5 Å².